The van der Waals surface area contributed by atoms with Crippen LogP contribution >= 0.6 is 0 Å². The number of amides is 1. The molecule has 1 aromatic heterocycles. The van der Waals surface area contributed by atoms with Crippen LogP contribution in [0.2, 0.25) is 0 Å². The molecule has 0 fully saturated rings. The predicted molar refractivity (Wildman–Crippen MR) is 86.4 cm³/mol. The molecule has 22 heavy (non-hydrogen) atoms. The molecule has 4 heteroatoms. The summed E-state index contributed by atoms with van der Waals surface area (Å²) in [5, 5.41) is 9.84. The topological polar surface area (TPSA) is 57.8 Å². The number of aryl methyl sites for hydroxylation is 1. The van der Waals surface area contributed by atoms with Crippen molar-refractivity contribution in [1.29, 1.82) is 0 Å². The number of carbonyl (C=O) groups excluding carboxylic acids is 1. The molecule has 110 valence electrons. The lowest BCUT2D eigenvalue weighted by molar-refractivity contribution is 0.0951. The number of rotatable bonds is 4. The van der Waals surface area contributed by atoms with E-state index in [1.54, 1.807) is 6.20 Å². The van der Waals surface area contributed by atoms with Crippen LogP contribution in [0.4, 0.5) is 0 Å². The van der Waals surface area contributed by atoms with Gasteiger partial charge in [-0.2, -0.15) is 5.10 Å². The molecule has 0 saturated heterocycles. The number of benzene rings is 2. The van der Waals surface area contributed by atoms with Gasteiger partial charge in [0.2, 0.25) is 0 Å². The highest BCUT2D eigenvalue weighted by Crippen LogP contribution is 2.21. The van der Waals surface area contributed by atoms with Crippen LogP contribution < -0.4 is 5.32 Å². The SMILES string of the molecule is Cc1ccc(-c2[nH]ncc2C(=O)NCc2ccccc2)cc1. The highest BCUT2D eigenvalue weighted by atomic mass is 16.1. The number of nitrogens with zero attached hydrogens (tertiary/aromatic N) is 1. The largest absolute Gasteiger partial charge is 0.348 e. The summed E-state index contributed by atoms with van der Waals surface area (Å²) >= 11 is 0. The molecule has 0 saturated carbocycles. The second kappa shape index (κ2) is 6.26. The molecule has 0 aliphatic carbocycles. The lowest BCUT2D eigenvalue weighted by atomic mass is 10.1. The Morgan fingerprint density at radius 1 is 1.09 bits per heavy atom. The van der Waals surface area contributed by atoms with Crippen LogP contribution in [0.25, 0.3) is 11.3 Å². The maximum Gasteiger partial charge on any atom is 0.255 e. The van der Waals surface area contributed by atoms with Crippen molar-refractivity contribution in [2.45, 2.75) is 13.5 Å². The first kappa shape index (κ1) is 14.1. The fourth-order valence-corrected chi connectivity index (χ4v) is 2.27. The summed E-state index contributed by atoms with van der Waals surface area (Å²) in [6.45, 7) is 2.53. The van der Waals surface area contributed by atoms with Crippen LogP contribution in [0.5, 0.6) is 0 Å². The van der Waals surface area contributed by atoms with E-state index in [4.69, 9.17) is 0 Å². The number of carbonyl (C=O) groups is 1. The van der Waals surface area contributed by atoms with Gasteiger partial charge in [0.05, 0.1) is 17.5 Å². The molecule has 3 rings (SSSR count). The summed E-state index contributed by atoms with van der Waals surface area (Å²) in [6, 6.07) is 17.8. The minimum Gasteiger partial charge on any atom is -0.348 e. The average Bonchev–Trinajstić information content (AvgIpc) is 3.04. The van der Waals surface area contributed by atoms with Gasteiger partial charge in [-0.25, -0.2) is 0 Å². The van der Waals surface area contributed by atoms with Crippen LogP contribution in [0.1, 0.15) is 21.5 Å². The molecular weight excluding hydrogens is 274 g/mol. The summed E-state index contributed by atoms with van der Waals surface area (Å²) in [6.07, 6.45) is 1.56. The molecular formula is C18H17N3O. The molecule has 0 spiro atoms. The van der Waals surface area contributed by atoms with Gasteiger partial charge in [0.25, 0.3) is 5.91 Å². The van der Waals surface area contributed by atoms with Crippen LogP contribution in [0.3, 0.4) is 0 Å². The summed E-state index contributed by atoms with van der Waals surface area (Å²) in [4.78, 5) is 12.4. The van der Waals surface area contributed by atoms with Crippen molar-refractivity contribution in [3.05, 3.63) is 77.5 Å². The Morgan fingerprint density at radius 2 is 1.82 bits per heavy atom. The maximum atomic E-state index is 12.4. The van der Waals surface area contributed by atoms with Crippen molar-refractivity contribution in [3.63, 3.8) is 0 Å². The Labute approximate surface area is 129 Å². The monoisotopic (exact) mass is 291 g/mol. The van der Waals surface area contributed by atoms with E-state index in [0.717, 1.165) is 16.8 Å². The van der Waals surface area contributed by atoms with E-state index in [-0.39, 0.29) is 5.91 Å². The number of hydrogen-bond acceptors (Lipinski definition) is 2. The van der Waals surface area contributed by atoms with Crippen LogP contribution in [0.15, 0.2) is 60.8 Å². The second-order valence-electron chi connectivity index (χ2n) is 5.19. The van der Waals surface area contributed by atoms with E-state index >= 15 is 0 Å². The number of aromatic amines is 1. The van der Waals surface area contributed by atoms with Gasteiger partial charge in [-0.1, -0.05) is 60.2 Å². The molecule has 0 unspecified atom stereocenters. The van der Waals surface area contributed by atoms with Crippen molar-refractivity contribution >= 4 is 5.91 Å². The molecule has 0 atom stereocenters. The second-order valence-corrected chi connectivity index (χ2v) is 5.19. The van der Waals surface area contributed by atoms with Gasteiger partial charge < -0.3 is 5.32 Å². The van der Waals surface area contributed by atoms with Gasteiger partial charge in [-0.15, -0.1) is 0 Å². The van der Waals surface area contributed by atoms with Crippen LogP contribution in [-0.4, -0.2) is 16.1 Å². The first-order valence-electron chi connectivity index (χ1n) is 7.16. The van der Waals surface area contributed by atoms with Gasteiger partial charge in [-0.3, -0.25) is 9.89 Å². The highest BCUT2D eigenvalue weighted by Gasteiger charge is 2.14. The number of H-pyrrole nitrogens is 1. The van der Waals surface area contributed by atoms with Crippen molar-refractivity contribution in [1.82, 2.24) is 15.5 Å². The van der Waals surface area contributed by atoms with Crippen LogP contribution in [-0.2, 0) is 6.54 Å². The van der Waals surface area contributed by atoms with Crippen molar-refractivity contribution < 1.29 is 4.79 Å². The Morgan fingerprint density at radius 3 is 2.55 bits per heavy atom. The molecule has 0 aliphatic rings. The average molecular weight is 291 g/mol. The number of aromatic nitrogens is 2. The molecule has 2 aromatic carbocycles. The van der Waals surface area contributed by atoms with Gasteiger partial charge in [0, 0.05) is 12.1 Å². The third-order valence-corrected chi connectivity index (χ3v) is 3.52. The van der Waals surface area contributed by atoms with E-state index in [9.17, 15) is 4.79 Å². The zero-order chi connectivity index (χ0) is 15.4. The van der Waals surface area contributed by atoms with Crippen molar-refractivity contribution in [2.75, 3.05) is 0 Å². The summed E-state index contributed by atoms with van der Waals surface area (Å²) < 4.78 is 0. The molecule has 4 nitrogen and oxygen atoms in total. The molecule has 0 bridgehead atoms. The number of nitrogens with one attached hydrogen (secondary N) is 2. The highest BCUT2D eigenvalue weighted by molar-refractivity contribution is 5.99. The minimum atomic E-state index is -0.131. The van der Waals surface area contributed by atoms with E-state index in [1.165, 1.54) is 5.56 Å². The lowest BCUT2D eigenvalue weighted by Gasteiger charge is -2.06. The zero-order valence-electron chi connectivity index (χ0n) is 12.3. The van der Waals surface area contributed by atoms with Gasteiger partial charge in [0.15, 0.2) is 0 Å². The first-order valence-corrected chi connectivity index (χ1v) is 7.16. The van der Waals surface area contributed by atoms with E-state index in [2.05, 4.69) is 15.5 Å². The fraction of sp³-hybridized carbons (Fsp3) is 0.111. The quantitative estimate of drug-likeness (QED) is 0.774. The van der Waals surface area contributed by atoms with Gasteiger partial charge in [-0.05, 0) is 12.5 Å². The smallest absolute Gasteiger partial charge is 0.255 e. The van der Waals surface area contributed by atoms with E-state index in [0.29, 0.717) is 12.1 Å². The predicted octanol–water partition coefficient (Wildman–Crippen LogP) is 3.32. The third-order valence-electron chi connectivity index (χ3n) is 3.52. The Hall–Kier alpha value is -2.88. The Kier molecular flexibility index (Phi) is 4.01. The molecule has 0 radical (unpaired) electrons. The summed E-state index contributed by atoms with van der Waals surface area (Å²) in [5.41, 5.74) is 4.49. The zero-order valence-corrected chi connectivity index (χ0v) is 12.3. The minimum absolute atomic E-state index is 0.131. The number of hydrogen-bond donors (Lipinski definition) is 2. The Balaban J connectivity index is 1.76. The standard InChI is InChI=1S/C18H17N3O/c1-13-7-9-15(10-8-13)17-16(12-20-21-17)18(22)19-11-14-5-3-2-4-6-14/h2-10,12H,11H2,1H3,(H,19,22)(H,20,21). The van der Waals surface area contributed by atoms with Gasteiger partial charge >= 0.3 is 0 Å². The summed E-state index contributed by atoms with van der Waals surface area (Å²) in [7, 11) is 0. The Bertz CT molecular complexity index is 761. The molecule has 3 aromatic rings. The van der Waals surface area contributed by atoms with E-state index in [1.807, 2.05) is 61.5 Å². The summed E-state index contributed by atoms with van der Waals surface area (Å²) in [5.74, 6) is -0.131. The van der Waals surface area contributed by atoms with Crippen molar-refractivity contribution in [3.8, 4) is 11.3 Å². The first-order chi connectivity index (χ1) is 10.7. The van der Waals surface area contributed by atoms with Gasteiger partial charge in [0.1, 0.15) is 0 Å². The van der Waals surface area contributed by atoms with Crippen LogP contribution in [0, 0.1) is 6.92 Å². The fourth-order valence-electron chi connectivity index (χ4n) is 2.27. The molecule has 2 N–H and O–H groups in total. The third kappa shape index (κ3) is 3.06. The molecule has 1 heterocycles. The maximum absolute atomic E-state index is 12.4. The lowest BCUT2D eigenvalue weighted by Crippen LogP contribution is -2.22. The molecule has 0 aliphatic heterocycles. The van der Waals surface area contributed by atoms with E-state index < -0.39 is 0 Å². The normalized spacial score (nSPS) is 10.4. The van der Waals surface area contributed by atoms with Crippen molar-refractivity contribution in [2.24, 2.45) is 0 Å². The molecule has 1 amide bonds.